The van der Waals surface area contributed by atoms with Crippen molar-refractivity contribution in [3.05, 3.63) is 36.0 Å². The third-order valence-corrected chi connectivity index (χ3v) is 6.07. The van der Waals surface area contributed by atoms with E-state index >= 15 is 0 Å². The number of likely N-dealkylation sites (tertiary alicyclic amines) is 1. The third-order valence-electron chi connectivity index (χ3n) is 6.07. The fourth-order valence-corrected chi connectivity index (χ4v) is 4.56. The van der Waals surface area contributed by atoms with Gasteiger partial charge >= 0.3 is 0 Å². The van der Waals surface area contributed by atoms with E-state index in [-0.39, 0.29) is 5.91 Å². The van der Waals surface area contributed by atoms with E-state index in [1.54, 1.807) is 0 Å². The van der Waals surface area contributed by atoms with Crippen molar-refractivity contribution in [2.45, 2.75) is 63.6 Å². The lowest BCUT2D eigenvalue weighted by molar-refractivity contribution is -0.134. The van der Waals surface area contributed by atoms with E-state index in [0.29, 0.717) is 18.6 Å². The molecular formula is C22H30N2O2. The number of carbonyl (C=O) groups is 1. The van der Waals surface area contributed by atoms with Gasteiger partial charge < -0.3 is 14.2 Å². The summed E-state index contributed by atoms with van der Waals surface area (Å²) in [6, 6.07) is 8.43. The molecular weight excluding hydrogens is 324 g/mol. The largest absolute Gasteiger partial charge is 0.375 e. The summed E-state index contributed by atoms with van der Waals surface area (Å²) in [5.74, 6) is 0.289. The number of hydrogen-bond acceptors (Lipinski definition) is 2. The third kappa shape index (κ3) is 3.80. The predicted octanol–water partition coefficient (Wildman–Crippen LogP) is 4.06. The van der Waals surface area contributed by atoms with Gasteiger partial charge in [-0.3, -0.25) is 4.79 Å². The lowest BCUT2D eigenvalue weighted by atomic mass is 10.0. The highest BCUT2D eigenvalue weighted by Gasteiger charge is 2.26. The highest BCUT2D eigenvalue weighted by atomic mass is 16.5. The molecule has 1 saturated carbocycles. The minimum Gasteiger partial charge on any atom is -0.375 e. The molecule has 4 heteroatoms. The van der Waals surface area contributed by atoms with E-state index in [4.69, 9.17) is 4.74 Å². The summed E-state index contributed by atoms with van der Waals surface area (Å²) in [4.78, 5) is 14.7. The molecule has 0 atom stereocenters. The number of rotatable bonds is 5. The molecule has 140 valence electrons. The van der Waals surface area contributed by atoms with E-state index in [9.17, 15) is 4.79 Å². The van der Waals surface area contributed by atoms with Crippen LogP contribution in [-0.2, 0) is 23.0 Å². The smallest absolute Gasteiger partial charge is 0.222 e. The molecule has 0 N–H and O–H groups in total. The van der Waals surface area contributed by atoms with Crippen molar-refractivity contribution in [3.63, 3.8) is 0 Å². The van der Waals surface area contributed by atoms with Gasteiger partial charge in [-0.15, -0.1) is 0 Å². The number of carbonyl (C=O) groups excluding carboxylic acids is 1. The molecule has 0 spiro atoms. The first kappa shape index (κ1) is 17.6. The minimum absolute atomic E-state index is 0.289. The number of hydrogen-bond donors (Lipinski definition) is 0. The molecule has 1 saturated heterocycles. The Morgan fingerprint density at radius 2 is 1.77 bits per heavy atom. The van der Waals surface area contributed by atoms with Gasteiger partial charge in [-0.25, -0.2) is 0 Å². The minimum atomic E-state index is 0.289. The monoisotopic (exact) mass is 354 g/mol. The predicted molar refractivity (Wildman–Crippen MR) is 104 cm³/mol. The molecule has 26 heavy (non-hydrogen) atoms. The Labute approximate surface area is 156 Å². The van der Waals surface area contributed by atoms with E-state index in [1.807, 2.05) is 4.90 Å². The van der Waals surface area contributed by atoms with Crippen molar-refractivity contribution < 1.29 is 9.53 Å². The zero-order chi connectivity index (χ0) is 17.9. The molecule has 2 fully saturated rings. The summed E-state index contributed by atoms with van der Waals surface area (Å²) in [6.45, 7) is 1.71. The Kier molecular flexibility index (Phi) is 5.30. The van der Waals surface area contributed by atoms with Crippen molar-refractivity contribution in [1.29, 1.82) is 0 Å². The Bertz CT molecular complexity index is 753. The standard InChI is InChI=1S/C22H30N2O2/c1-23-16-17(20-8-4-5-9-21(20)23)10-11-22(25)24-14-12-19(13-15-24)26-18-6-2-3-7-18/h4-5,8-9,16,18-19H,2-3,6-7,10-15H2,1H3. The second-order valence-corrected chi connectivity index (χ2v) is 7.91. The molecule has 1 aromatic carbocycles. The maximum atomic E-state index is 12.6. The molecule has 1 aromatic heterocycles. The molecule has 2 heterocycles. The van der Waals surface area contributed by atoms with Gasteiger partial charge in [0.25, 0.3) is 0 Å². The van der Waals surface area contributed by atoms with Gasteiger partial charge in [0.05, 0.1) is 12.2 Å². The van der Waals surface area contributed by atoms with E-state index in [2.05, 4.69) is 42.1 Å². The van der Waals surface area contributed by atoms with Crippen LogP contribution in [0.4, 0.5) is 0 Å². The summed E-state index contributed by atoms with van der Waals surface area (Å²) >= 11 is 0. The number of aryl methyl sites for hydroxylation is 2. The van der Waals surface area contributed by atoms with Crippen LogP contribution in [0.25, 0.3) is 10.9 Å². The number of ether oxygens (including phenoxy) is 1. The Morgan fingerprint density at radius 1 is 1.08 bits per heavy atom. The van der Waals surface area contributed by atoms with Crippen molar-refractivity contribution in [1.82, 2.24) is 9.47 Å². The molecule has 0 unspecified atom stereocenters. The average Bonchev–Trinajstić information content (AvgIpc) is 3.29. The normalized spacial score (nSPS) is 19.5. The maximum Gasteiger partial charge on any atom is 0.222 e. The number of para-hydroxylation sites is 1. The molecule has 1 aliphatic heterocycles. The SMILES string of the molecule is Cn1cc(CCC(=O)N2CCC(OC3CCCC3)CC2)c2ccccc21. The second-order valence-electron chi connectivity index (χ2n) is 7.91. The van der Waals surface area contributed by atoms with Gasteiger partial charge in [0.2, 0.25) is 5.91 Å². The second kappa shape index (κ2) is 7.83. The van der Waals surface area contributed by atoms with Crippen LogP contribution in [0, 0.1) is 0 Å². The van der Waals surface area contributed by atoms with Gasteiger partial charge in [0, 0.05) is 43.7 Å². The number of benzene rings is 1. The van der Waals surface area contributed by atoms with Gasteiger partial charge in [0.15, 0.2) is 0 Å². The number of fused-ring (bicyclic) bond motifs is 1. The van der Waals surface area contributed by atoms with Crippen molar-refractivity contribution in [3.8, 4) is 0 Å². The van der Waals surface area contributed by atoms with Crippen LogP contribution in [-0.4, -0.2) is 40.7 Å². The molecule has 2 aromatic rings. The highest BCUT2D eigenvalue weighted by Crippen LogP contribution is 2.26. The van der Waals surface area contributed by atoms with Crippen LogP contribution in [0.2, 0.25) is 0 Å². The maximum absolute atomic E-state index is 12.6. The lowest BCUT2D eigenvalue weighted by Gasteiger charge is -2.33. The first-order valence-electron chi connectivity index (χ1n) is 10.2. The van der Waals surface area contributed by atoms with E-state index in [1.165, 1.54) is 42.1 Å². The van der Waals surface area contributed by atoms with Crippen LogP contribution < -0.4 is 0 Å². The topological polar surface area (TPSA) is 34.5 Å². The fourth-order valence-electron chi connectivity index (χ4n) is 4.56. The number of amides is 1. The molecule has 4 nitrogen and oxygen atoms in total. The van der Waals surface area contributed by atoms with Crippen molar-refractivity contribution in [2.75, 3.05) is 13.1 Å². The van der Waals surface area contributed by atoms with Crippen LogP contribution in [0.3, 0.4) is 0 Å². The zero-order valence-corrected chi connectivity index (χ0v) is 15.8. The number of piperidine rings is 1. The van der Waals surface area contributed by atoms with Crippen LogP contribution in [0.15, 0.2) is 30.5 Å². The van der Waals surface area contributed by atoms with Gasteiger partial charge in [-0.1, -0.05) is 31.0 Å². The molecule has 0 bridgehead atoms. The van der Waals surface area contributed by atoms with Gasteiger partial charge in [0.1, 0.15) is 0 Å². The van der Waals surface area contributed by atoms with Crippen LogP contribution >= 0.6 is 0 Å². The summed E-state index contributed by atoms with van der Waals surface area (Å²) < 4.78 is 8.37. The van der Waals surface area contributed by atoms with Crippen LogP contribution in [0.5, 0.6) is 0 Å². The molecule has 0 radical (unpaired) electrons. The summed E-state index contributed by atoms with van der Waals surface area (Å²) in [6.07, 6.45) is 11.5. The Balaban J connectivity index is 1.27. The highest BCUT2D eigenvalue weighted by molar-refractivity contribution is 5.85. The van der Waals surface area contributed by atoms with E-state index < -0.39 is 0 Å². The fraction of sp³-hybridized carbons (Fsp3) is 0.591. The van der Waals surface area contributed by atoms with Gasteiger partial charge in [-0.05, 0) is 43.7 Å². The number of nitrogens with zero attached hydrogens (tertiary/aromatic N) is 2. The molecule has 2 aliphatic rings. The Morgan fingerprint density at radius 3 is 2.54 bits per heavy atom. The first-order valence-corrected chi connectivity index (χ1v) is 10.2. The summed E-state index contributed by atoms with van der Waals surface area (Å²) in [5.41, 5.74) is 2.51. The molecule has 1 amide bonds. The average molecular weight is 354 g/mol. The quantitative estimate of drug-likeness (QED) is 0.811. The van der Waals surface area contributed by atoms with Crippen molar-refractivity contribution >= 4 is 16.8 Å². The van der Waals surface area contributed by atoms with Crippen LogP contribution in [0.1, 0.15) is 50.5 Å². The first-order chi connectivity index (χ1) is 12.7. The number of aromatic nitrogens is 1. The molecule has 1 aliphatic carbocycles. The molecule has 4 rings (SSSR count). The summed E-state index contributed by atoms with van der Waals surface area (Å²) in [5, 5.41) is 1.27. The lowest BCUT2D eigenvalue weighted by Crippen LogP contribution is -2.41. The summed E-state index contributed by atoms with van der Waals surface area (Å²) in [7, 11) is 2.07. The van der Waals surface area contributed by atoms with Gasteiger partial charge in [-0.2, -0.15) is 0 Å². The zero-order valence-electron chi connectivity index (χ0n) is 15.8. The van der Waals surface area contributed by atoms with E-state index in [0.717, 1.165) is 32.4 Å². The Hall–Kier alpha value is -1.81. The van der Waals surface area contributed by atoms with Crippen molar-refractivity contribution in [2.24, 2.45) is 7.05 Å².